The van der Waals surface area contributed by atoms with Gasteiger partial charge in [-0.2, -0.15) is 5.10 Å². The van der Waals surface area contributed by atoms with Gasteiger partial charge in [-0.15, -0.1) is 0 Å². The van der Waals surface area contributed by atoms with Gasteiger partial charge >= 0.3 is 0 Å². The van der Waals surface area contributed by atoms with Gasteiger partial charge in [0.1, 0.15) is 5.82 Å². The summed E-state index contributed by atoms with van der Waals surface area (Å²) in [6, 6.07) is 21.5. The van der Waals surface area contributed by atoms with Crippen LogP contribution in [-0.2, 0) is 13.0 Å². The molecule has 0 spiro atoms. The van der Waals surface area contributed by atoms with Crippen LogP contribution in [0.3, 0.4) is 0 Å². The molecule has 2 N–H and O–H groups in total. The van der Waals surface area contributed by atoms with Gasteiger partial charge in [0, 0.05) is 55.8 Å². The normalized spacial score (nSPS) is 15.4. The Kier molecular flexibility index (Phi) is 5.07. The molecule has 1 aliphatic heterocycles. The van der Waals surface area contributed by atoms with Gasteiger partial charge in [-0.1, -0.05) is 48.5 Å². The first-order valence-corrected chi connectivity index (χ1v) is 11.6. The Morgan fingerprint density at radius 2 is 1.76 bits per heavy atom. The van der Waals surface area contributed by atoms with Gasteiger partial charge in [0.25, 0.3) is 0 Å². The summed E-state index contributed by atoms with van der Waals surface area (Å²) < 4.78 is 0. The molecule has 0 unspecified atom stereocenters. The van der Waals surface area contributed by atoms with E-state index in [9.17, 15) is 0 Å². The second kappa shape index (κ2) is 8.37. The zero-order chi connectivity index (χ0) is 22.2. The lowest BCUT2D eigenvalue weighted by Crippen LogP contribution is -2.44. The van der Waals surface area contributed by atoms with Crippen molar-refractivity contribution >= 4 is 11.5 Å². The van der Waals surface area contributed by atoms with E-state index in [-0.39, 0.29) is 0 Å². The molecular weight excluding hydrogens is 408 g/mol. The summed E-state index contributed by atoms with van der Waals surface area (Å²) in [7, 11) is 2.17. The zero-order valence-corrected chi connectivity index (χ0v) is 18.9. The minimum atomic E-state index is 0.764. The number of piperazine rings is 1. The Hall–Kier alpha value is -3.64. The predicted octanol–water partition coefficient (Wildman–Crippen LogP) is 4.41. The third kappa shape index (κ3) is 3.87. The number of aromatic nitrogens is 3. The third-order valence-electron chi connectivity index (χ3n) is 6.82. The summed E-state index contributed by atoms with van der Waals surface area (Å²) in [6.45, 7) is 5.01. The number of fused-ring (bicyclic) bond motifs is 3. The molecule has 0 saturated carbocycles. The van der Waals surface area contributed by atoms with Crippen molar-refractivity contribution in [2.24, 2.45) is 0 Å². The Morgan fingerprint density at radius 3 is 2.55 bits per heavy atom. The molecule has 3 heterocycles. The maximum atomic E-state index is 4.67. The number of benzene rings is 2. The number of pyridine rings is 1. The number of aromatic amines is 1. The number of H-pyrrole nitrogens is 1. The first-order chi connectivity index (χ1) is 16.2. The number of likely N-dealkylation sites (N-methyl/N-ethyl adjacent to an activating group) is 1. The van der Waals surface area contributed by atoms with Crippen molar-refractivity contribution in [3.8, 4) is 22.5 Å². The molecule has 6 heteroatoms. The Balaban J connectivity index is 1.10. The molecule has 1 fully saturated rings. The topological polar surface area (TPSA) is 60.1 Å². The lowest BCUT2D eigenvalue weighted by molar-refractivity contribution is 0.312. The average molecular weight is 437 g/mol. The van der Waals surface area contributed by atoms with Crippen LogP contribution in [0, 0.1) is 0 Å². The maximum Gasteiger partial charge on any atom is 0.128 e. The van der Waals surface area contributed by atoms with Crippen molar-refractivity contribution in [3.63, 3.8) is 0 Å². The van der Waals surface area contributed by atoms with Crippen LogP contribution >= 0.6 is 0 Å². The summed E-state index contributed by atoms with van der Waals surface area (Å²) in [5.74, 6) is 1.06. The highest BCUT2D eigenvalue weighted by molar-refractivity contribution is 5.81. The molecule has 0 amide bonds. The fourth-order valence-corrected chi connectivity index (χ4v) is 4.81. The lowest BCUT2D eigenvalue weighted by Gasteiger charge is -2.33. The van der Waals surface area contributed by atoms with Crippen LogP contribution in [0.1, 0.15) is 16.7 Å². The maximum absolute atomic E-state index is 4.67. The van der Waals surface area contributed by atoms with Crippen molar-refractivity contribution in [2.75, 3.05) is 43.4 Å². The van der Waals surface area contributed by atoms with Crippen LogP contribution in [0.5, 0.6) is 0 Å². The van der Waals surface area contributed by atoms with Gasteiger partial charge in [-0.3, -0.25) is 5.10 Å². The van der Waals surface area contributed by atoms with Crippen LogP contribution < -0.4 is 10.2 Å². The lowest BCUT2D eigenvalue weighted by atomic mass is 10.0. The first kappa shape index (κ1) is 20.0. The average Bonchev–Trinajstić information content (AvgIpc) is 3.44. The largest absolute Gasteiger partial charge is 0.380 e. The van der Waals surface area contributed by atoms with Crippen molar-refractivity contribution < 1.29 is 0 Å². The molecule has 2 aliphatic rings. The fourth-order valence-electron chi connectivity index (χ4n) is 4.81. The molecule has 0 bridgehead atoms. The Labute approximate surface area is 194 Å². The summed E-state index contributed by atoms with van der Waals surface area (Å²) in [4.78, 5) is 9.38. The molecule has 1 aliphatic carbocycles. The molecule has 4 aromatic rings. The van der Waals surface area contributed by atoms with Gasteiger partial charge in [-0.25, -0.2) is 4.98 Å². The molecular formula is C27H28N6. The van der Waals surface area contributed by atoms with E-state index in [4.69, 9.17) is 0 Å². The van der Waals surface area contributed by atoms with Crippen LogP contribution in [0.4, 0.5) is 11.5 Å². The van der Waals surface area contributed by atoms with Crippen molar-refractivity contribution in [3.05, 3.63) is 83.6 Å². The van der Waals surface area contributed by atoms with Crippen molar-refractivity contribution in [1.29, 1.82) is 0 Å². The van der Waals surface area contributed by atoms with E-state index in [1.54, 1.807) is 0 Å². The number of nitrogens with one attached hydrogen (secondary N) is 2. The minimum Gasteiger partial charge on any atom is -0.380 e. The molecule has 2 aromatic heterocycles. The van der Waals surface area contributed by atoms with E-state index in [1.807, 2.05) is 6.20 Å². The fraction of sp³-hybridized carbons (Fsp3) is 0.259. The molecule has 33 heavy (non-hydrogen) atoms. The van der Waals surface area contributed by atoms with Gasteiger partial charge in [0.2, 0.25) is 0 Å². The van der Waals surface area contributed by atoms with Crippen LogP contribution in [0.25, 0.3) is 22.5 Å². The number of rotatable bonds is 5. The van der Waals surface area contributed by atoms with Gasteiger partial charge in [0.15, 0.2) is 0 Å². The number of nitrogens with zero attached hydrogens (tertiary/aromatic N) is 4. The van der Waals surface area contributed by atoms with E-state index < -0.39 is 0 Å². The third-order valence-corrected chi connectivity index (χ3v) is 6.82. The molecule has 0 radical (unpaired) electrons. The molecule has 6 rings (SSSR count). The Bertz CT molecular complexity index is 1250. The van der Waals surface area contributed by atoms with Crippen LogP contribution in [-0.4, -0.2) is 53.3 Å². The standard InChI is InChI=1S/C27H28N6/c1-32-12-14-33(15-13-32)25-11-10-22(18-29-25)28-17-19-6-8-20(9-7-19)26-24-16-21-4-2-3-5-23(21)27(24)31-30-26/h2-11,18,28H,12-17H2,1H3,(H,30,31). The van der Waals surface area contributed by atoms with E-state index in [2.05, 4.69) is 98.0 Å². The number of anilines is 2. The molecule has 1 saturated heterocycles. The zero-order valence-electron chi connectivity index (χ0n) is 18.9. The van der Waals surface area contributed by atoms with Gasteiger partial charge < -0.3 is 15.1 Å². The molecule has 2 aromatic carbocycles. The van der Waals surface area contributed by atoms with E-state index in [0.29, 0.717) is 0 Å². The molecule has 0 atom stereocenters. The monoisotopic (exact) mass is 436 g/mol. The predicted molar refractivity (Wildman–Crippen MR) is 134 cm³/mol. The summed E-state index contributed by atoms with van der Waals surface area (Å²) in [5, 5.41) is 11.4. The van der Waals surface area contributed by atoms with Crippen molar-refractivity contribution in [2.45, 2.75) is 13.0 Å². The number of hydrogen-bond donors (Lipinski definition) is 2. The second-order valence-electron chi connectivity index (χ2n) is 9.01. The van der Waals surface area contributed by atoms with E-state index in [0.717, 1.165) is 61.9 Å². The highest BCUT2D eigenvalue weighted by Crippen LogP contribution is 2.39. The van der Waals surface area contributed by atoms with Crippen molar-refractivity contribution in [1.82, 2.24) is 20.1 Å². The summed E-state index contributed by atoms with van der Waals surface area (Å²) in [5.41, 5.74) is 9.60. The van der Waals surface area contributed by atoms with Crippen LogP contribution in [0.15, 0.2) is 66.9 Å². The quantitative estimate of drug-likeness (QED) is 0.427. The highest BCUT2D eigenvalue weighted by atomic mass is 15.3. The van der Waals surface area contributed by atoms with Gasteiger partial charge in [-0.05, 0) is 30.3 Å². The molecule has 166 valence electrons. The Morgan fingerprint density at radius 1 is 0.939 bits per heavy atom. The summed E-state index contributed by atoms with van der Waals surface area (Å²) >= 11 is 0. The van der Waals surface area contributed by atoms with Gasteiger partial charge in [0.05, 0.1) is 23.3 Å². The summed E-state index contributed by atoms with van der Waals surface area (Å²) in [6.07, 6.45) is 2.88. The van der Waals surface area contributed by atoms with E-state index in [1.165, 1.54) is 27.9 Å². The minimum absolute atomic E-state index is 0.764. The SMILES string of the molecule is CN1CCN(c2ccc(NCc3ccc(-c4n[nH]c5c4Cc4ccccc4-5)cc3)cn2)CC1. The molecule has 6 nitrogen and oxygen atoms in total. The second-order valence-corrected chi connectivity index (χ2v) is 9.01. The number of hydrogen-bond acceptors (Lipinski definition) is 5. The highest BCUT2D eigenvalue weighted by Gasteiger charge is 2.24. The first-order valence-electron chi connectivity index (χ1n) is 11.6. The van der Waals surface area contributed by atoms with Crippen LogP contribution in [0.2, 0.25) is 0 Å². The van der Waals surface area contributed by atoms with E-state index >= 15 is 0 Å². The smallest absolute Gasteiger partial charge is 0.128 e.